The molecule has 7 heteroatoms. The molecule has 0 aliphatic heterocycles. The van der Waals surface area contributed by atoms with Gasteiger partial charge < -0.3 is 4.98 Å². The summed E-state index contributed by atoms with van der Waals surface area (Å²) < 4.78 is 39.5. The fraction of sp³-hybridized carbons (Fsp3) is 0.286. The zero-order valence-corrected chi connectivity index (χ0v) is 13.2. The van der Waals surface area contributed by atoms with Crippen molar-refractivity contribution < 1.29 is 13.2 Å². The molecule has 0 saturated heterocycles. The van der Waals surface area contributed by atoms with E-state index in [9.17, 15) is 18.0 Å². The number of aromatic amines is 1. The molecule has 1 aromatic carbocycles. The van der Waals surface area contributed by atoms with Crippen LogP contribution >= 0.6 is 22.6 Å². The van der Waals surface area contributed by atoms with Gasteiger partial charge in [-0.3, -0.25) is 4.79 Å². The summed E-state index contributed by atoms with van der Waals surface area (Å²) in [5.74, 6) is -0.0446. The van der Waals surface area contributed by atoms with Crippen LogP contribution in [0, 0.1) is 3.57 Å². The molecule has 1 N–H and O–H groups in total. The fourth-order valence-electron chi connectivity index (χ4n) is 1.97. The molecule has 21 heavy (non-hydrogen) atoms. The van der Waals surface area contributed by atoms with E-state index in [1.54, 1.807) is 0 Å². The van der Waals surface area contributed by atoms with Gasteiger partial charge in [-0.15, -0.1) is 0 Å². The van der Waals surface area contributed by atoms with Crippen molar-refractivity contribution in [1.82, 2.24) is 9.97 Å². The second kappa shape index (κ2) is 6.17. The van der Waals surface area contributed by atoms with E-state index in [-0.39, 0.29) is 11.4 Å². The first-order chi connectivity index (χ1) is 9.84. The van der Waals surface area contributed by atoms with Crippen LogP contribution in [0.2, 0.25) is 0 Å². The highest BCUT2D eigenvalue weighted by atomic mass is 127. The van der Waals surface area contributed by atoms with E-state index in [2.05, 4.69) is 9.97 Å². The molecular weight excluding hydrogens is 396 g/mol. The Labute approximate surface area is 132 Å². The van der Waals surface area contributed by atoms with Crippen LogP contribution in [0.4, 0.5) is 13.2 Å². The van der Waals surface area contributed by atoms with Crippen molar-refractivity contribution in [2.45, 2.75) is 25.9 Å². The zero-order valence-electron chi connectivity index (χ0n) is 11.1. The standard InChI is InChI=1S/C14H12F3IN2O/c1-2-5-10-11(18)13(21)20-12(19-10)8-6-3-4-7-9(8)14(15,16)17/h3-4,6-7H,2,5H2,1H3,(H,19,20,21). The van der Waals surface area contributed by atoms with Crippen molar-refractivity contribution in [2.24, 2.45) is 0 Å². The van der Waals surface area contributed by atoms with Crippen molar-refractivity contribution in [3.05, 3.63) is 49.4 Å². The van der Waals surface area contributed by atoms with E-state index < -0.39 is 17.3 Å². The highest BCUT2D eigenvalue weighted by molar-refractivity contribution is 14.1. The Morgan fingerprint density at radius 2 is 1.95 bits per heavy atom. The molecule has 2 rings (SSSR count). The van der Waals surface area contributed by atoms with Gasteiger partial charge in [0, 0.05) is 5.56 Å². The molecule has 112 valence electrons. The second-order valence-corrected chi connectivity index (χ2v) is 5.55. The maximum Gasteiger partial charge on any atom is 0.417 e. The van der Waals surface area contributed by atoms with Gasteiger partial charge >= 0.3 is 6.18 Å². The predicted octanol–water partition coefficient (Wildman–Crippen LogP) is 4.01. The van der Waals surface area contributed by atoms with Crippen LogP contribution < -0.4 is 5.56 Å². The molecule has 0 bridgehead atoms. The van der Waals surface area contributed by atoms with Gasteiger partial charge in [0.15, 0.2) is 0 Å². The molecule has 0 spiro atoms. The molecule has 0 radical (unpaired) electrons. The molecule has 0 amide bonds. The average Bonchev–Trinajstić information content (AvgIpc) is 2.43. The van der Waals surface area contributed by atoms with Gasteiger partial charge in [-0.1, -0.05) is 31.5 Å². The van der Waals surface area contributed by atoms with Crippen molar-refractivity contribution in [1.29, 1.82) is 0 Å². The monoisotopic (exact) mass is 408 g/mol. The fourth-order valence-corrected chi connectivity index (χ4v) is 2.50. The first-order valence-electron chi connectivity index (χ1n) is 6.30. The third-order valence-corrected chi connectivity index (χ3v) is 4.02. The summed E-state index contributed by atoms with van der Waals surface area (Å²) in [5, 5.41) is 0. The minimum atomic E-state index is -4.50. The lowest BCUT2D eigenvalue weighted by Crippen LogP contribution is -2.17. The van der Waals surface area contributed by atoms with E-state index in [0.29, 0.717) is 15.7 Å². The molecule has 3 nitrogen and oxygen atoms in total. The van der Waals surface area contributed by atoms with Crippen molar-refractivity contribution >= 4 is 22.6 Å². The summed E-state index contributed by atoms with van der Waals surface area (Å²) in [5.41, 5.74) is -0.817. The third kappa shape index (κ3) is 3.45. The quantitative estimate of drug-likeness (QED) is 0.781. The second-order valence-electron chi connectivity index (χ2n) is 4.47. The van der Waals surface area contributed by atoms with Gasteiger partial charge in [0.1, 0.15) is 5.82 Å². The molecule has 0 saturated carbocycles. The number of hydrogen-bond donors (Lipinski definition) is 1. The summed E-state index contributed by atoms with van der Waals surface area (Å²) in [6, 6.07) is 5.09. The molecular formula is C14H12F3IN2O. The molecule has 0 aliphatic rings. The number of nitrogens with one attached hydrogen (secondary N) is 1. The number of aryl methyl sites for hydroxylation is 1. The lowest BCUT2D eigenvalue weighted by Gasteiger charge is -2.13. The van der Waals surface area contributed by atoms with Gasteiger partial charge in [-0.25, -0.2) is 4.98 Å². The maximum atomic E-state index is 13.0. The first-order valence-corrected chi connectivity index (χ1v) is 7.37. The number of aromatic nitrogens is 2. The Morgan fingerprint density at radius 3 is 2.57 bits per heavy atom. The Balaban J connectivity index is 2.66. The number of benzene rings is 1. The van der Waals surface area contributed by atoms with E-state index in [4.69, 9.17) is 0 Å². The minimum absolute atomic E-state index is 0.0446. The van der Waals surface area contributed by atoms with Crippen molar-refractivity contribution in [3.8, 4) is 11.4 Å². The van der Waals surface area contributed by atoms with E-state index in [1.165, 1.54) is 18.2 Å². The smallest absolute Gasteiger partial charge is 0.306 e. The summed E-state index contributed by atoms with van der Waals surface area (Å²) in [6.07, 6.45) is -3.20. The van der Waals surface area contributed by atoms with Gasteiger partial charge in [-0.2, -0.15) is 13.2 Å². The van der Waals surface area contributed by atoms with Gasteiger partial charge in [0.2, 0.25) is 0 Å². The van der Waals surface area contributed by atoms with Crippen LogP contribution in [0.3, 0.4) is 0 Å². The number of alkyl halides is 3. The molecule has 0 atom stereocenters. The largest absolute Gasteiger partial charge is 0.417 e. The molecule has 0 unspecified atom stereocenters. The lowest BCUT2D eigenvalue weighted by atomic mass is 10.1. The van der Waals surface area contributed by atoms with Crippen LogP contribution in [0.15, 0.2) is 29.1 Å². The molecule has 0 fully saturated rings. The number of halogens is 4. The van der Waals surface area contributed by atoms with Crippen LogP contribution in [-0.2, 0) is 12.6 Å². The summed E-state index contributed by atoms with van der Waals surface area (Å²) in [7, 11) is 0. The average molecular weight is 408 g/mol. The first kappa shape index (κ1) is 16.0. The molecule has 1 heterocycles. The topological polar surface area (TPSA) is 45.8 Å². The van der Waals surface area contributed by atoms with E-state index >= 15 is 0 Å². The summed E-state index contributed by atoms with van der Waals surface area (Å²) in [4.78, 5) is 18.5. The summed E-state index contributed by atoms with van der Waals surface area (Å²) >= 11 is 1.86. The number of rotatable bonds is 3. The zero-order chi connectivity index (χ0) is 15.6. The van der Waals surface area contributed by atoms with Crippen LogP contribution in [0.5, 0.6) is 0 Å². The predicted molar refractivity (Wildman–Crippen MR) is 82.0 cm³/mol. The molecule has 2 aromatic rings. The van der Waals surface area contributed by atoms with E-state index in [0.717, 1.165) is 12.5 Å². The number of H-pyrrole nitrogens is 1. The number of hydrogen-bond acceptors (Lipinski definition) is 2. The highest BCUT2D eigenvalue weighted by Gasteiger charge is 2.34. The Morgan fingerprint density at radius 1 is 1.29 bits per heavy atom. The van der Waals surface area contributed by atoms with Crippen LogP contribution in [-0.4, -0.2) is 9.97 Å². The Kier molecular flexibility index (Phi) is 4.70. The minimum Gasteiger partial charge on any atom is -0.306 e. The van der Waals surface area contributed by atoms with Crippen molar-refractivity contribution in [3.63, 3.8) is 0 Å². The van der Waals surface area contributed by atoms with Crippen LogP contribution in [0.25, 0.3) is 11.4 Å². The molecule has 0 aliphatic carbocycles. The molecule has 1 aromatic heterocycles. The summed E-state index contributed by atoms with van der Waals surface area (Å²) in [6.45, 7) is 1.92. The van der Waals surface area contributed by atoms with Crippen LogP contribution in [0.1, 0.15) is 24.6 Å². The van der Waals surface area contributed by atoms with Crippen molar-refractivity contribution in [2.75, 3.05) is 0 Å². The third-order valence-electron chi connectivity index (χ3n) is 2.91. The van der Waals surface area contributed by atoms with Gasteiger partial charge in [0.05, 0.1) is 14.8 Å². The Hall–Kier alpha value is -1.38. The van der Waals surface area contributed by atoms with Gasteiger partial charge in [0.25, 0.3) is 5.56 Å². The normalized spacial score (nSPS) is 11.7. The lowest BCUT2D eigenvalue weighted by molar-refractivity contribution is -0.137. The SMILES string of the molecule is CCCc1nc(-c2ccccc2C(F)(F)F)[nH]c(=O)c1I. The number of nitrogens with zero attached hydrogens (tertiary/aromatic N) is 1. The maximum absolute atomic E-state index is 13.0. The Bertz CT molecular complexity index is 710. The van der Waals surface area contributed by atoms with E-state index in [1.807, 2.05) is 29.5 Å². The van der Waals surface area contributed by atoms with Gasteiger partial charge in [-0.05, 0) is 35.1 Å². The highest BCUT2D eigenvalue weighted by Crippen LogP contribution is 2.35.